The Labute approximate surface area is 172 Å². The molecule has 2 aromatic heterocycles. The van der Waals surface area contributed by atoms with Crippen molar-refractivity contribution in [3.63, 3.8) is 0 Å². The fourth-order valence-electron chi connectivity index (χ4n) is 3.61. The Bertz CT molecular complexity index is 1220. The van der Waals surface area contributed by atoms with Crippen LogP contribution < -0.4 is 16.3 Å². The van der Waals surface area contributed by atoms with Crippen LogP contribution in [0.15, 0.2) is 39.0 Å². The maximum Gasteiger partial charge on any atom is 0.332 e. The predicted molar refractivity (Wildman–Crippen MR) is 115 cm³/mol. The van der Waals surface area contributed by atoms with E-state index in [4.69, 9.17) is 16.7 Å². The zero-order chi connectivity index (χ0) is 20.7. The molecular formula is C20H23ClN6O2. The summed E-state index contributed by atoms with van der Waals surface area (Å²) in [4.78, 5) is 29.9. The number of aromatic nitrogens is 4. The van der Waals surface area contributed by atoms with E-state index in [9.17, 15) is 9.59 Å². The first-order valence-corrected chi connectivity index (χ1v) is 10.1. The van der Waals surface area contributed by atoms with Crippen LogP contribution in [0.1, 0.15) is 31.7 Å². The molecule has 1 aromatic carbocycles. The second-order valence-electron chi connectivity index (χ2n) is 7.26. The summed E-state index contributed by atoms with van der Waals surface area (Å²) in [6, 6.07) is 7.49. The molecule has 9 heteroatoms. The molecule has 8 nitrogen and oxygen atoms in total. The van der Waals surface area contributed by atoms with E-state index in [0.29, 0.717) is 35.2 Å². The lowest BCUT2D eigenvalue weighted by Crippen LogP contribution is -2.38. The van der Waals surface area contributed by atoms with Crippen LogP contribution in [-0.2, 0) is 20.6 Å². The number of aryl methyl sites for hydroxylation is 1. The number of halogens is 1. The van der Waals surface area contributed by atoms with Gasteiger partial charge < -0.3 is 0 Å². The molecule has 3 aromatic rings. The van der Waals surface area contributed by atoms with E-state index in [1.807, 2.05) is 33.8 Å². The quantitative estimate of drug-likeness (QED) is 0.601. The van der Waals surface area contributed by atoms with Gasteiger partial charge in [-0.15, -0.1) is 0 Å². The lowest BCUT2D eigenvalue weighted by atomic mass is 10.1. The van der Waals surface area contributed by atoms with Crippen molar-refractivity contribution in [3.8, 4) is 0 Å². The van der Waals surface area contributed by atoms with Gasteiger partial charge in [0, 0.05) is 25.7 Å². The molecule has 3 heterocycles. The van der Waals surface area contributed by atoms with Crippen LogP contribution >= 0.6 is 11.6 Å². The highest BCUT2D eigenvalue weighted by Gasteiger charge is 2.27. The molecule has 0 radical (unpaired) electrons. The minimum atomic E-state index is -0.394. The molecule has 0 saturated carbocycles. The molecule has 1 aliphatic heterocycles. The Morgan fingerprint density at radius 3 is 2.48 bits per heavy atom. The Balaban J connectivity index is 1.90. The zero-order valence-corrected chi connectivity index (χ0v) is 17.5. The van der Waals surface area contributed by atoms with Crippen molar-refractivity contribution in [2.24, 2.45) is 19.2 Å². The van der Waals surface area contributed by atoms with Crippen molar-refractivity contribution in [1.29, 1.82) is 0 Å². The molecule has 0 aliphatic carbocycles. The van der Waals surface area contributed by atoms with E-state index in [1.165, 1.54) is 11.6 Å². The third kappa shape index (κ3) is 3.27. The number of fused-ring (bicyclic) bond motifs is 3. The highest BCUT2D eigenvalue weighted by Crippen LogP contribution is 2.26. The number of hydrogen-bond donors (Lipinski definition) is 0. The molecule has 152 valence electrons. The fraction of sp³-hybridized carbons (Fsp3) is 0.400. The van der Waals surface area contributed by atoms with Crippen molar-refractivity contribution in [2.75, 3.05) is 11.6 Å². The average Bonchev–Trinajstić information content (AvgIpc) is 3.11. The minimum Gasteiger partial charge on any atom is -0.297 e. The Morgan fingerprint density at radius 2 is 1.79 bits per heavy atom. The largest absolute Gasteiger partial charge is 0.332 e. The maximum absolute atomic E-state index is 12.9. The molecule has 1 aliphatic rings. The van der Waals surface area contributed by atoms with Gasteiger partial charge in [-0.1, -0.05) is 43.5 Å². The number of nitrogens with zero attached hydrogens (tertiary/aromatic N) is 6. The lowest BCUT2D eigenvalue weighted by molar-refractivity contribution is 0.652. The number of hydrogen-bond acceptors (Lipinski definition) is 5. The first-order chi connectivity index (χ1) is 13.9. The molecule has 0 saturated heterocycles. The third-order valence-corrected chi connectivity index (χ3v) is 5.51. The van der Waals surface area contributed by atoms with Crippen molar-refractivity contribution in [2.45, 2.75) is 32.7 Å². The van der Waals surface area contributed by atoms with Crippen LogP contribution in [-0.4, -0.2) is 30.9 Å². The third-order valence-electron chi connectivity index (χ3n) is 5.26. The molecule has 0 N–H and O–H groups in total. The van der Waals surface area contributed by atoms with Crippen LogP contribution in [0, 0.1) is 0 Å². The van der Waals surface area contributed by atoms with E-state index >= 15 is 0 Å². The Hall–Kier alpha value is -2.87. The predicted octanol–water partition coefficient (Wildman–Crippen LogP) is 2.50. The van der Waals surface area contributed by atoms with Crippen LogP contribution in [0.2, 0.25) is 5.02 Å². The maximum atomic E-state index is 12.9. The van der Waals surface area contributed by atoms with Crippen molar-refractivity contribution in [3.05, 3.63) is 55.7 Å². The van der Waals surface area contributed by atoms with Crippen molar-refractivity contribution >= 4 is 34.4 Å². The first-order valence-electron chi connectivity index (χ1n) is 9.69. The summed E-state index contributed by atoms with van der Waals surface area (Å²) >= 11 is 6.03. The summed E-state index contributed by atoms with van der Waals surface area (Å²) in [7, 11) is 3.12. The number of unbranched alkanes of at least 4 members (excludes halogenated alkanes) is 2. The molecule has 0 atom stereocenters. The van der Waals surface area contributed by atoms with Crippen LogP contribution in [0.3, 0.4) is 0 Å². The summed E-state index contributed by atoms with van der Waals surface area (Å²) in [5.41, 5.74) is 1.79. The molecule has 4 rings (SSSR count). The number of rotatable bonds is 5. The van der Waals surface area contributed by atoms with Gasteiger partial charge in [-0.2, -0.15) is 10.1 Å². The zero-order valence-electron chi connectivity index (χ0n) is 16.7. The Kier molecular flexibility index (Phi) is 5.04. The van der Waals surface area contributed by atoms with Crippen molar-refractivity contribution in [1.82, 2.24) is 18.7 Å². The summed E-state index contributed by atoms with van der Waals surface area (Å²) < 4.78 is 4.39. The monoisotopic (exact) mass is 414 g/mol. The summed E-state index contributed by atoms with van der Waals surface area (Å²) in [6.45, 7) is 3.22. The van der Waals surface area contributed by atoms with Gasteiger partial charge in [0.2, 0.25) is 5.95 Å². The molecule has 0 bridgehead atoms. The normalized spacial score (nSPS) is 13.7. The van der Waals surface area contributed by atoms with E-state index in [1.54, 1.807) is 7.05 Å². The standard InChI is InChI=1S/C20H23ClN6O2/c1-4-5-6-11-27-19-22-17-16(18(28)25(3)20(29)24(17)2)26(19)12-15(23-27)13-7-9-14(21)10-8-13/h7-10H,4-6,11-12H2,1-3H3. The van der Waals surface area contributed by atoms with Gasteiger partial charge in [0.15, 0.2) is 11.2 Å². The summed E-state index contributed by atoms with van der Waals surface area (Å²) in [5.74, 6) is 0.590. The second-order valence-corrected chi connectivity index (χ2v) is 7.70. The van der Waals surface area contributed by atoms with E-state index in [0.717, 1.165) is 35.1 Å². The van der Waals surface area contributed by atoms with E-state index in [-0.39, 0.29) is 5.56 Å². The van der Waals surface area contributed by atoms with Gasteiger partial charge in [0.05, 0.1) is 12.3 Å². The number of imidazole rings is 1. The number of benzene rings is 1. The van der Waals surface area contributed by atoms with Crippen LogP contribution in [0.25, 0.3) is 11.2 Å². The molecule has 29 heavy (non-hydrogen) atoms. The topological polar surface area (TPSA) is 77.4 Å². The van der Waals surface area contributed by atoms with Crippen LogP contribution in [0.5, 0.6) is 0 Å². The fourth-order valence-corrected chi connectivity index (χ4v) is 3.73. The lowest BCUT2D eigenvalue weighted by Gasteiger charge is -2.26. The second kappa shape index (κ2) is 7.51. The molecule has 0 unspecified atom stereocenters. The van der Waals surface area contributed by atoms with Gasteiger partial charge in [-0.25, -0.2) is 9.80 Å². The summed E-state index contributed by atoms with van der Waals surface area (Å²) in [6.07, 6.45) is 3.11. The minimum absolute atomic E-state index is 0.354. The highest BCUT2D eigenvalue weighted by molar-refractivity contribution is 6.30. The number of hydrazone groups is 1. The van der Waals surface area contributed by atoms with Gasteiger partial charge in [-0.05, 0) is 24.1 Å². The molecular weight excluding hydrogens is 392 g/mol. The van der Waals surface area contributed by atoms with Crippen LogP contribution in [0.4, 0.5) is 5.95 Å². The van der Waals surface area contributed by atoms with E-state index < -0.39 is 5.69 Å². The molecule has 0 amide bonds. The van der Waals surface area contributed by atoms with Gasteiger partial charge in [0.25, 0.3) is 5.56 Å². The van der Waals surface area contributed by atoms with Gasteiger partial charge in [0.1, 0.15) is 0 Å². The van der Waals surface area contributed by atoms with Crippen molar-refractivity contribution < 1.29 is 0 Å². The Morgan fingerprint density at radius 1 is 1.07 bits per heavy atom. The van der Waals surface area contributed by atoms with Gasteiger partial charge >= 0.3 is 5.69 Å². The smallest absolute Gasteiger partial charge is 0.297 e. The molecule has 0 spiro atoms. The van der Waals surface area contributed by atoms with E-state index in [2.05, 4.69) is 11.9 Å². The molecule has 0 fully saturated rings. The van der Waals surface area contributed by atoms with Gasteiger partial charge in [-0.3, -0.25) is 18.5 Å². The average molecular weight is 415 g/mol. The highest BCUT2D eigenvalue weighted by atomic mass is 35.5. The first kappa shape index (κ1) is 19.4. The number of anilines is 1. The summed E-state index contributed by atoms with van der Waals surface area (Å²) in [5, 5.41) is 7.32. The SMILES string of the molecule is CCCCCN1N=C(c2ccc(Cl)cc2)Cn2c1nc1c2c(=O)n(C)c(=O)n1C.